The molecule has 1 amide bonds. The van der Waals surface area contributed by atoms with E-state index in [2.05, 4.69) is 20.3 Å². The lowest BCUT2D eigenvalue weighted by Crippen LogP contribution is -2.15. The number of nitrogens with zero attached hydrogens (tertiary/aromatic N) is 2. The number of ether oxygens (including phenoxy) is 2. The van der Waals surface area contributed by atoms with E-state index in [9.17, 15) is 4.79 Å². The highest BCUT2D eigenvalue weighted by Crippen LogP contribution is 2.31. The van der Waals surface area contributed by atoms with E-state index >= 15 is 0 Å². The van der Waals surface area contributed by atoms with E-state index in [1.165, 1.54) is 6.08 Å². The zero-order valence-corrected chi connectivity index (χ0v) is 12.6. The molecule has 2 aromatic carbocycles. The van der Waals surface area contributed by atoms with E-state index in [0.29, 0.717) is 41.4 Å². The van der Waals surface area contributed by atoms with Crippen LogP contribution in [0.25, 0.3) is 17.1 Å². The Kier molecular flexibility index (Phi) is 3.59. The van der Waals surface area contributed by atoms with Gasteiger partial charge in [0, 0.05) is 6.08 Å². The zero-order valence-electron chi connectivity index (χ0n) is 12.6. The van der Waals surface area contributed by atoms with Gasteiger partial charge < -0.3 is 14.8 Å². The molecule has 4 rings (SSSR count). The Morgan fingerprint density at radius 1 is 1.08 bits per heavy atom. The van der Waals surface area contributed by atoms with Gasteiger partial charge in [-0.3, -0.25) is 4.79 Å². The topological polar surface area (TPSA) is 86.5 Å². The summed E-state index contributed by atoms with van der Waals surface area (Å²) in [5, 5.41) is 10.3. The second-order valence-electron chi connectivity index (χ2n) is 5.16. The first-order valence-corrected chi connectivity index (χ1v) is 7.39. The molecule has 1 aromatic heterocycles. The Hall–Kier alpha value is -3.35. The van der Waals surface area contributed by atoms with Crippen molar-refractivity contribution in [2.45, 2.75) is 0 Å². The van der Waals surface area contributed by atoms with Crippen molar-refractivity contribution in [3.05, 3.63) is 48.0 Å². The van der Waals surface area contributed by atoms with Crippen LogP contribution in [0.3, 0.4) is 0 Å². The fourth-order valence-corrected chi connectivity index (χ4v) is 2.42. The molecule has 0 radical (unpaired) electrons. The van der Waals surface area contributed by atoms with Crippen molar-refractivity contribution in [3.63, 3.8) is 0 Å². The summed E-state index contributed by atoms with van der Waals surface area (Å²) >= 11 is 0. The minimum atomic E-state index is -0.277. The normalized spacial score (nSPS) is 13.3. The number of carbonyl (C=O) groups is 1. The van der Waals surface area contributed by atoms with Crippen molar-refractivity contribution < 1.29 is 18.9 Å². The number of anilines is 1. The van der Waals surface area contributed by atoms with Crippen LogP contribution < -0.4 is 14.8 Å². The van der Waals surface area contributed by atoms with E-state index < -0.39 is 0 Å². The molecule has 0 unspecified atom stereocenters. The summed E-state index contributed by atoms with van der Waals surface area (Å²) in [5.41, 5.74) is 2.49. The van der Waals surface area contributed by atoms with Crippen LogP contribution in [0.15, 0.2) is 47.1 Å². The average Bonchev–Trinajstić information content (AvgIpc) is 3.10. The van der Waals surface area contributed by atoms with E-state index in [-0.39, 0.29) is 5.91 Å². The largest absolute Gasteiger partial charge is 0.486 e. The molecule has 0 spiro atoms. The summed E-state index contributed by atoms with van der Waals surface area (Å²) in [5.74, 6) is 1.12. The van der Waals surface area contributed by atoms with Crippen LogP contribution in [-0.4, -0.2) is 29.4 Å². The number of nitrogens with one attached hydrogen (secondary N) is 1. The summed E-state index contributed by atoms with van der Waals surface area (Å²) in [6.07, 6.45) is 3.15. The summed E-state index contributed by atoms with van der Waals surface area (Å²) < 4.78 is 15.7. The van der Waals surface area contributed by atoms with Gasteiger partial charge >= 0.3 is 0 Å². The Morgan fingerprint density at radius 3 is 2.88 bits per heavy atom. The van der Waals surface area contributed by atoms with Gasteiger partial charge in [-0.1, -0.05) is 12.1 Å². The fourth-order valence-electron chi connectivity index (χ4n) is 2.42. The predicted octanol–water partition coefficient (Wildman–Crippen LogP) is 2.65. The van der Waals surface area contributed by atoms with E-state index in [0.717, 1.165) is 5.56 Å². The molecule has 0 aliphatic carbocycles. The van der Waals surface area contributed by atoms with Crippen molar-refractivity contribution in [2.24, 2.45) is 0 Å². The minimum Gasteiger partial charge on any atom is -0.486 e. The van der Waals surface area contributed by atoms with Gasteiger partial charge in [0.15, 0.2) is 17.0 Å². The molecule has 1 aliphatic rings. The van der Waals surface area contributed by atoms with Gasteiger partial charge in [-0.05, 0) is 46.2 Å². The number of hydrogen-bond acceptors (Lipinski definition) is 6. The summed E-state index contributed by atoms with van der Waals surface area (Å²) in [7, 11) is 0. The number of aromatic nitrogens is 2. The molecule has 0 saturated heterocycles. The summed E-state index contributed by atoms with van der Waals surface area (Å²) in [4.78, 5) is 12.1. The van der Waals surface area contributed by atoms with Crippen LogP contribution in [0.2, 0.25) is 0 Å². The van der Waals surface area contributed by atoms with Gasteiger partial charge in [0.05, 0.1) is 5.69 Å². The first-order chi connectivity index (χ1) is 11.8. The van der Waals surface area contributed by atoms with Gasteiger partial charge in [0.1, 0.15) is 18.7 Å². The highest BCUT2D eigenvalue weighted by molar-refractivity contribution is 6.05. The van der Waals surface area contributed by atoms with Gasteiger partial charge in [0.25, 0.3) is 0 Å². The maximum Gasteiger partial charge on any atom is 0.248 e. The second kappa shape index (κ2) is 6.04. The molecule has 3 aromatic rings. The highest BCUT2D eigenvalue weighted by Gasteiger charge is 2.11. The molecular weight excluding hydrogens is 310 g/mol. The van der Waals surface area contributed by atoms with Crippen molar-refractivity contribution >= 4 is 28.7 Å². The van der Waals surface area contributed by atoms with Crippen LogP contribution in [0.4, 0.5) is 5.69 Å². The van der Waals surface area contributed by atoms with Crippen LogP contribution in [0, 0.1) is 0 Å². The second-order valence-corrected chi connectivity index (χ2v) is 5.16. The molecule has 7 heteroatoms. The quantitative estimate of drug-likeness (QED) is 0.746. The van der Waals surface area contributed by atoms with E-state index in [1.807, 2.05) is 18.2 Å². The molecule has 0 bridgehead atoms. The number of fused-ring (bicyclic) bond motifs is 2. The molecule has 7 nitrogen and oxygen atoms in total. The number of hydrogen-bond donors (Lipinski definition) is 1. The standard InChI is InChI=1S/C17H13N3O4/c21-16(18-12-2-1-3-13-17(12)20-24-19-13)7-5-11-4-6-14-15(10-11)23-9-8-22-14/h1-7,10H,8-9H2,(H,18,21). The van der Waals surface area contributed by atoms with Gasteiger partial charge in [0.2, 0.25) is 5.91 Å². The molecule has 24 heavy (non-hydrogen) atoms. The lowest BCUT2D eigenvalue weighted by atomic mass is 10.2. The fraction of sp³-hybridized carbons (Fsp3) is 0.118. The molecule has 1 aliphatic heterocycles. The molecular formula is C17H13N3O4. The zero-order chi connectivity index (χ0) is 16.4. The first kappa shape index (κ1) is 14.3. The Balaban J connectivity index is 1.49. The molecule has 1 N–H and O–H groups in total. The third-order valence-corrected chi connectivity index (χ3v) is 3.54. The average molecular weight is 323 g/mol. The Labute approximate surface area is 136 Å². The molecule has 0 saturated carbocycles. The smallest absolute Gasteiger partial charge is 0.248 e. The van der Waals surface area contributed by atoms with Crippen LogP contribution in [0.5, 0.6) is 11.5 Å². The lowest BCUT2D eigenvalue weighted by Gasteiger charge is -2.18. The molecule has 0 atom stereocenters. The van der Waals surface area contributed by atoms with Crippen molar-refractivity contribution in [1.29, 1.82) is 0 Å². The maximum atomic E-state index is 12.1. The Bertz CT molecular complexity index is 932. The molecule has 0 fully saturated rings. The van der Waals surface area contributed by atoms with Crippen LogP contribution in [0.1, 0.15) is 5.56 Å². The van der Waals surface area contributed by atoms with Gasteiger partial charge in [-0.15, -0.1) is 0 Å². The van der Waals surface area contributed by atoms with Crippen molar-refractivity contribution in [2.75, 3.05) is 18.5 Å². The summed E-state index contributed by atoms with van der Waals surface area (Å²) in [6.45, 7) is 1.07. The lowest BCUT2D eigenvalue weighted by molar-refractivity contribution is -0.111. The van der Waals surface area contributed by atoms with Gasteiger partial charge in [-0.25, -0.2) is 4.63 Å². The highest BCUT2D eigenvalue weighted by atomic mass is 16.6. The van der Waals surface area contributed by atoms with Crippen LogP contribution >= 0.6 is 0 Å². The molecule has 2 heterocycles. The minimum absolute atomic E-state index is 0.277. The van der Waals surface area contributed by atoms with Crippen molar-refractivity contribution in [1.82, 2.24) is 10.3 Å². The SMILES string of the molecule is O=C(C=Cc1ccc2c(c1)OCCO2)Nc1cccc2nonc12. The van der Waals surface area contributed by atoms with Crippen LogP contribution in [-0.2, 0) is 4.79 Å². The van der Waals surface area contributed by atoms with E-state index in [4.69, 9.17) is 9.47 Å². The van der Waals surface area contributed by atoms with E-state index in [1.54, 1.807) is 24.3 Å². The predicted molar refractivity (Wildman–Crippen MR) is 86.9 cm³/mol. The maximum absolute atomic E-state index is 12.1. The monoisotopic (exact) mass is 323 g/mol. The number of rotatable bonds is 3. The Morgan fingerprint density at radius 2 is 1.96 bits per heavy atom. The molecule has 120 valence electrons. The first-order valence-electron chi connectivity index (χ1n) is 7.39. The number of carbonyl (C=O) groups excluding carboxylic acids is 1. The third-order valence-electron chi connectivity index (χ3n) is 3.54. The number of benzene rings is 2. The van der Waals surface area contributed by atoms with Crippen molar-refractivity contribution in [3.8, 4) is 11.5 Å². The number of amides is 1. The summed E-state index contributed by atoms with van der Waals surface area (Å²) in [6, 6.07) is 10.8. The third kappa shape index (κ3) is 2.79. The van der Waals surface area contributed by atoms with Gasteiger partial charge in [-0.2, -0.15) is 0 Å².